The van der Waals surface area contributed by atoms with Crippen molar-refractivity contribution in [2.75, 3.05) is 12.9 Å². The van der Waals surface area contributed by atoms with Crippen molar-refractivity contribution in [2.24, 2.45) is 0 Å². The number of ether oxygens (including phenoxy) is 1. The van der Waals surface area contributed by atoms with Crippen LogP contribution in [0.2, 0.25) is 0 Å². The molecule has 0 saturated carbocycles. The number of methoxy groups -OCH3 is 1. The van der Waals surface area contributed by atoms with Crippen molar-refractivity contribution >= 4 is 28.8 Å². The van der Waals surface area contributed by atoms with E-state index in [-0.39, 0.29) is 11.2 Å². The molecule has 0 spiro atoms. The quantitative estimate of drug-likeness (QED) is 0.712. The average Bonchev–Trinajstić information content (AvgIpc) is 3.36. The lowest BCUT2D eigenvalue weighted by Gasteiger charge is -2.17. The number of fused-ring (bicyclic) bond motifs is 1. The van der Waals surface area contributed by atoms with E-state index in [0.29, 0.717) is 11.2 Å². The van der Waals surface area contributed by atoms with Gasteiger partial charge in [0.15, 0.2) is 5.65 Å². The molecule has 0 radical (unpaired) electrons. The Morgan fingerprint density at radius 2 is 2.15 bits per heavy atom. The summed E-state index contributed by atoms with van der Waals surface area (Å²) in [6.45, 7) is 0. The van der Waals surface area contributed by atoms with E-state index in [1.165, 1.54) is 7.11 Å². The number of benzene rings is 1. The molecular formula is C19H19N3O3S. The van der Waals surface area contributed by atoms with Crippen LogP contribution < -0.4 is 0 Å². The van der Waals surface area contributed by atoms with Crippen molar-refractivity contribution in [1.82, 2.24) is 14.8 Å². The predicted molar refractivity (Wildman–Crippen MR) is 101 cm³/mol. The lowest BCUT2D eigenvalue weighted by atomic mass is 10.0. The first-order valence-electron chi connectivity index (χ1n) is 8.49. The molecule has 1 fully saturated rings. The molecule has 2 aromatic heterocycles. The molecule has 1 N–H and O–H groups in total. The van der Waals surface area contributed by atoms with Gasteiger partial charge in [-0.25, -0.2) is 14.5 Å². The minimum Gasteiger partial charge on any atom is -0.465 e. The predicted octanol–water partition coefficient (Wildman–Crippen LogP) is 3.14. The van der Waals surface area contributed by atoms with Crippen molar-refractivity contribution in [3.05, 3.63) is 53.9 Å². The number of aromatic nitrogens is 3. The number of esters is 1. The second-order valence-corrected chi connectivity index (χ2v) is 7.62. The first-order chi connectivity index (χ1) is 12.7. The molecular weight excluding hydrogens is 350 g/mol. The van der Waals surface area contributed by atoms with Gasteiger partial charge < -0.3 is 9.84 Å². The molecule has 2 atom stereocenters. The SMILES string of the molecule is COC(=O)c1ccc(-n2ncc3cc([C@@H](O)[C@H]4CCCS4)cnc32)cc1. The van der Waals surface area contributed by atoms with Crippen LogP contribution in [0.5, 0.6) is 0 Å². The molecule has 3 aromatic rings. The van der Waals surface area contributed by atoms with E-state index < -0.39 is 6.10 Å². The highest BCUT2D eigenvalue weighted by atomic mass is 32.2. The van der Waals surface area contributed by atoms with Crippen molar-refractivity contribution in [1.29, 1.82) is 0 Å². The number of thioether (sulfide) groups is 1. The van der Waals surface area contributed by atoms with Crippen LogP contribution >= 0.6 is 11.8 Å². The Bertz CT molecular complexity index is 933. The third-order valence-electron chi connectivity index (χ3n) is 4.62. The van der Waals surface area contributed by atoms with Gasteiger partial charge in [-0.05, 0) is 48.9 Å². The number of carbonyl (C=O) groups excluding carboxylic acids is 1. The van der Waals surface area contributed by atoms with Crippen LogP contribution in [0.1, 0.15) is 34.9 Å². The number of hydrogen-bond acceptors (Lipinski definition) is 6. The molecule has 0 amide bonds. The molecule has 0 bridgehead atoms. The molecule has 26 heavy (non-hydrogen) atoms. The van der Waals surface area contributed by atoms with Crippen LogP contribution in [0.4, 0.5) is 0 Å². The summed E-state index contributed by atoms with van der Waals surface area (Å²) >= 11 is 1.82. The number of aliphatic hydroxyl groups excluding tert-OH is 1. The number of hydrogen-bond donors (Lipinski definition) is 1. The lowest BCUT2D eigenvalue weighted by molar-refractivity contribution is 0.0600. The molecule has 134 valence electrons. The molecule has 1 aliphatic heterocycles. The summed E-state index contributed by atoms with van der Waals surface area (Å²) < 4.78 is 6.43. The standard InChI is InChI=1S/C19H19N3O3S/c1-25-19(24)12-4-6-15(7-5-12)22-18-14(11-21-22)9-13(10-20-18)17(23)16-3-2-8-26-16/h4-7,9-11,16-17,23H,2-3,8H2,1H3/t16-,17-/m1/s1. The largest absolute Gasteiger partial charge is 0.465 e. The van der Waals surface area contributed by atoms with Gasteiger partial charge >= 0.3 is 5.97 Å². The van der Waals surface area contributed by atoms with Crippen molar-refractivity contribution in [2.45, 2.75) is 24.2 Å². The van der Waals surface area contributed by atoms with Crippen molar-refractivity contribution in [3.63, 3.8) is 0 Å². The molecule has 3 heterocycles. The highest BCUT2D eigenvalue weighted by molar-refractivity contribution is 8.00. The number of carbonyl (C=O) groups is 1. The van der Waals surface area contributed by atoms with Gasteiger partial charge in [0.1, 0.15) is 0 Å². The van der Waals surface area contributed by atoms with Crippen molar-refractivity contribution in [3.8, 4) is 5.69 Å². The summed E-state index contributed by atoms with van der Waals surface area (Å²) in [7, 11) is 1.36. The monoisotopic (exact) mass is 369 g/mol. The van der Waals surface area contributed by atoms with Crippen LogP contribution in [0.15, 0.2) is 42.7 Å². The van der Waals surface area contributed by atoms with Gasteiger partial charge in [0.25, 0.3) is 0 Å². The third kappa shape index (κ3) is 3.08. The molecule has 0 unspecified atom stereocenters. The number of nitrogens with zero attached hydrogens (tertiary/aromatic N) is 3. The van der Waals surface area contributed by atoms with Crippen LogP contribution in [0.25, 0.3) is 16.7 Å². The van der Waals surface area contributed by atoms with Gasteiger partial charge in [-0.2, -0.15) is 16.9 Å². The highest BCUT2D eigenvalue weighted by Crippen LogP contribution is 2.36. The normalized spacial score (nSPS) is 18.2. The van der Waals surface area contributed by atoms with E-state index in [1.54, 1.807) is 41.3 Å². The Balaban J connectivity index is 1.64. The molecule has 1 aliphatic rings. The van der Waals surface area contributed by atoms with E-state index >= 15 is 0 Å². The molecule has 1 aromatic carbocycles. The summed E-state index contributed by atoms with van der Waals surface area (Å²) in [6, 6.07) is 8.96. The Labute approximate surface area is 155 Å². The van der Waals surface area contributed by atoms with Crippen LogP contribution in [0.3, 0.4) is 0 Å². The zero-order valence-electron chi connectivity index (χ0n) is 14.3. The fourth-order valence-corrected chi connectivity index (χ4v) is 4.52. The third-order valence-corrected chi connectivity index (χ3v) is 6.07. The summed E-state index contributed by atoms with van der Waals surface area (Å²) in [5.41, 5.74) is 2.84. The fourth-order valence-electron chi connectivity index (χ4n) is 3.21. The van der Waals surface area contributed by atoms with Gasteiger partial charge in [-0.1, -0.05) is 0 Å². The maximum absolute atomic E-state index is 11.6. The molecule has 6 nitrogen and oxygen atoms in total. The van der Waals surface area contributed by atoms with E-state index in [4.69, 9.17) is 4.74 Å². The molecule has 4 rings (SSSR count). The molecule has 7 heteroatoms. The summed E-state index contributed by atoms with van der Waals surface area (Å²) in [5, 5.41) is 16.1. The average molecular weight is 369 g/mol. The highest BCUT2D eigenvalue weighted by Gasteiger charge is 2.25. The lowest BCUT2D eigenvalue weighted by Crippen LogP contribution is -2.12. The zero-order chi connectivity index (χ0) is 18.1. The maximum Gasteiger partial charge on any atom is 0.337 e. The first-order valence-corrected chi connectivity index (χ1v) is 9.54. The second kappa shape index (κ2) is 7.09. The van der Waals surface area contributed by atoms with Gasteiger partial charge in [0, 0.05) is 22.4 Å². The van der Waals surface area contributed by atoms with Gasteiger partial charge in [0.05, 0.1) is 30.7 Å². The summed E-state index contributed by atoms with van der Waals surface area (Å²) in [4.78, 5) is 16.1. The Morgan fingerprint density at radius 3 is 2.85 bits per heavy atom. The van der Waals surface area contributed by atoms with E-state index in [0.717, 1.165) is 35.2 Å². The topological polar surface area (TPSA) is 77.2 Å². The first kappa shape index (κ1) is 17.1. The van der Waals surface area contributed by atoms with Crippen LogP contribution in [0, 0.1) is 0 Å². The van der Waals surface area contributed by atoms with E-state index in [9.17, 15) is 9.90 Å². The summed E-state index contributed by atoms with van der Waals surface area (Å²) in [5.74, 6) is 0.736. The van der Waals surface area contributed by atoms with Gasteiger partial charge in [-0.15, -0.1) is 0 Å². The summed E-state index contributed by atoms with van der Waals surface area (Å²) in [6.07, 6.45) is 5.17. The Hall–Kier alpha value is -2.38. The maximum atomic E-state index is 11.6. The zero-order valence-corrected chi connectivity index (χ0v) is 15.1. The van der Waals surface area contributed by atoms with Crippen LogP contribution in [-0.2, 0) is 4.74 Å². The number of rotatable bonds is 4. The number of pyridine rings is 1. The number of aliphatic hydroxyl groups is 1. The van der Waals surface area contributed by atoms with Crippen LogP contribution in [-0.4, -0.2) is 44.0 Å². The minimum atomic E-state index is -0.498. The smallest absolute Gasteiger partial charge is 0.337 e. The molecule has 1 saturated heterocycles. The molecule has 0 aliphatic carbocycles. The fraction of sp³-hybridized carbons (Fsp3) is 0.316. The Morgan fingerprint density at radius 1 is 1.35 bits per heavy atom. The Kier molecular flexibility index (Phi) is 4.65. The second-order valence-electron chi connectivity index (χ2n) is 6.27. The van der Waals surface area contributed by atoms with E-state index in [1.807, 2.05) is 17.8 Å². The van der Waals surface area contributed by atoms with Gasteiger partial charge in [0.2, 0.25) is 0 Å². The van der Waals surface area contributed by atoms with Gasteiger partial charge in [-0.3, -0.25) is 0 Å². The minimum absolute atomic E-state index is 0.246. The van der Waals surface area contributed by atoms with E-state index in [2.05, 4.69) is 10.1 Å². The van der Waals surface area contributed by atoms with Crippen molar-refractivity contribution < 1.29 is 14.6 Å².